The molecule has 0 fully saturated rings. The molecule has 0 aliphatic carbocycles. The summed E-state index contributed by atoms with van der Waals surface area (Å²) in [6.07, 6.45) is 0. The largest absolute Gasteiger partial charge is 0.368 e. The standard InChI is InChI=1S/C12H10ClN3S/c1-16(6-11-7-17-8-15-11)12-3-2-10(13)4-9(12)5-14/h2-4,7-8H,6H2,1H3. The van der Waals surface area contributed by atoms with Crippen LogP contribution in [-0.4, -0.2) is 12.0 Å². The van der Waals surface area contributed by atoms with E-state index in [1.54, 1.807) is 29.0 Å². The lowest BCUT2D eigenvalue weighted by Crippen LogP contribution is -2.17. The number of nitriles is 1. The van der Waals surface area contributed by atoms with Crippen molar-refractivity contribution in [2.75, 3.05) is 11.9 Å². The quantitative estimate of drug-likeness (QED) is 0.853. The van der Waals surface area contributed by atoms with Gasteiger partial charge in [-0.1, -0.05) is 11.6 Å². The summed E-state index contributed by atoms with van der Waals surface area (Å²) in [6.45, 7) is 0.680. The first-order chi connectivity index (χ1) is 8.20. The minimum Gasteiger partial charge on any atom is -0.368 e. The first-order valence-electron chi connectivity index (χ1n) is 4.98. The van der Waals surface area contributed by atoms with Gasteiger partial charge in [-0.2, -0.15) is 5.26 Å². The van der Waals surface area contributed by atoms with Crippen molar-refractivity contribution in [1.29, 1.82) is 5.26 Å². The highest BCUT2D eigenvalue weighted by Crippen LogP contribution is 2.24. The first kappa shape index (κ1) is 11.9. The van der Waals surface area contributed by atoms with Crippen LogP contribution in [0.5, 0.6) is 0 Å². The average Bonchev–Trinajstić information content (AvgIpc) is 2.81. The molecule has 0 saturated heterocycles. The monoisotopic (exact) mass is 263 g/mol. The Hall–Kier alpha value is -1.57. The smallest absolute Gasteiger partial charge is 0.101 e. The number of nitrogens with zero attached hydrogens (tertiary/aromatic N) is 3. The minimum absolute atomic E-state index is 0.576. The number of anilines is 1. The third-order valence-corrected chi connectivity index (χ3v) is 3.24. The third kappa shape index (κ3) is 2.76. The maximum absolute atomic E-state index is 9.07. The number of hydrogen-bond acceptors (Lipinski definition) is 4. The number of benzene rings is 1. The van der Waals surface area contributed by atoms with Crippen LogP contribution < -0.4 is 4.90 Å². The molecule has 3 nitrogen and oxygen atoms in total. The highest BCUT2D eigenvalue weighted by atomic mass is 35.5. The van der Waals surface area contributed by atoms with Gasteiger partial charge in [-0.3, -0.25) is 0 Å². The Kier molecular flexibility index (Phi) is 3.62. The molecule has 17 heavy (non-hydrogen) atoms. The molecule has 0 aliphatic rings. The third-order valence-electron chi connectivity index (χ3n) is 2.37. The SMILES string of the molecule is CN(Cc1cscn1)c1ccc(Cl)cc1C#N. The first-order valence-corrected chi connectivity index (χ1v) is 6.30. The van der Waals surface area contributed by atoms with Gasteiger partial charge in [-0.25, -0.2) is 4.98 Å². The summed E-state index contributed by atoms with van der Waals surface area (Å²) in [4.78, 5) is 6.21. The molecule has 0 amide bonds. The van der Waals surface area contributed by atoms with Crippen LogP contribution in [0.25, 0.3) is 0 Å². The van der Waals surface area contributed by atoms with E-state index in [-0.39, 0.29) is 0 Å². The molecular formula is C12H10ClN3S. The van der Waals surface area contributed by atoms with Gasteiger partial charge in [0.05, 0.1) is 29.0 Å². The summed E-state index contributed by atoms with van der Waals surface area (Å²) >= 11 is 7.43. The molecule has 0 N–H and O–H groups in total. The lowest BCUT2D eigenvalue weighted by molar-refractivity contribution is 0.893. The van der Waals surface area contributed by atoms with E-state index >= 15 is 0 Å². The zero-order valence-corrected chi connectivity index (χ0v) is 10.8. The predicted octanol–water partition coefficient (Wildman–Crippen LogP) is 3.30. The van der Waals surface area contributed by atoms with E-state index in [0.717, 1.165) is 11.4 Å². The Balaban J connectivity index is 2.25. The van der Waals surface area contributed by atoms with Crippen molar-refractivity contribution in [3.05, 3.63) is 45.4 Å². The van der Waals surface area contributed by atoms with Crippen LogP contribution in [-0.2, 0) is 6.54 Å². The Labute approximate surface area is 109 Å². The summed E-state index contributed by atoms with van der Waals surface area (Å²) in [7, 11) is 1.93. The summed E-state index contributed by atoms with van der Waals surface area (Å²) < 4.78 is 0. The second-order valence-electron chi connectivity index (χ2n) is 3.61. The average molecular weight is 264 g/mol. The van der Waals surface area contributed by atoms with E-state index in [2.05, 4.69) is 11.1 Å². The van der Waals surface area contributed by atoms with E-state index in [9.17, 15) is 0 Å². The fourth-order valence-electron chi connectivity index (χ4n) is 1.57. The number of hydrogen-bond donors (Lipinski definition) is 0. The maximum atomic E-state index is 9.07. The van der Waals surface area contributed by atoms with Crippen LogP contribution in [0.3, 0.4) is 0 Å². The lowest BCUT2D eigenvalue weighted by Gasteiger charge is -2.19. The molecule has 1 aromatic carbocycles. The van der Waals surface area contributed by atoms with Gasteiger partial charge in [0.25, 0.3) is 0 Å². The molecule has 0 bridgehead atoms. The van der Waals surface area contributed by atoms with Crippen LogP contribution >= 0.6 is 22.9 Å². The van der Waals surface area contributed by atoms with Gasteiger partial charge in [0, 0.05) is 17.5 Å². The summed E-state index contributed by atoms with van der Waals surface area (Å²) in [6, 6.07) is 7.47. The Morgan fingerprint density at radius 1 is 1.53 bits per heavy atom. The fraction of sp³-hybridized carbons (Fsp3) is 0.167. The van der Waals surface area contributed by atoms with Crippen molar-refractivity contribution in [3.8, 4) is 6.07 Å². The maximum Gasteiger partial charge on any atom is 0.101 e. The van der Waals surface area contributed by atoms with Gasteiger partial charge < -0.3 is 4.90 Å². The van der Waals surface area contributed by atoms with Crippen molar-refractivity contribution in [1.82, 2.24) is 4.98 Å². The molecule has 1 aromatic heterocycles. The molecule has 5 heteroatoms. The van der Waals surface area contributed by atoms with Gasteiger partial charge in [0.1, 0.15) is 6.07 Å². The zero-order valence-electron chi connectivity index (χ0n) is 9.22. The topological polar surface area (TPSA) is 39.9 Å². The summed E-state index contributed by atoms with van der Waals surface area (Å²) in [5.41, 5.74) is 4.24. The molecule has 0 aliphatic heterocycles. The Bertz CT molecular complexity index is 545. The van der Waals surface area contributed by atoms with E-state index in [1.165, 1.54) is 0 Å². The van der Waals surface area contributed by atoms with Gasteiger partial charge in [-0.15, -0.1) is 11.3 Å². The van der Waals surface area contributed by atoms with Gasteiger partial charge >= 0.3 is 0 Å². The highest BCUT2D eigenvalue weighted by molar-refractivity contribution is 7.07. The summed E-state index contributed by atoms with van der Waals surface area (Å²) in [5, 5.41) is 11.6. The molecular weight excluding hydrogens is 254 g/mol. The van der Waals surface area contributed by atoms with Crippen molar-refractivity contribution in [2.24, 2.45) is 0 Å². The van der Waals surface area contributed by atoms with Gasteiger partial charge in [-0.05, 0) is 18.2 Å². The Morgan fingerprint density at radius 2 is 2.35 bits per heavy atom. The van der Waals surface area contributed by atoms with Crippen molar-refractivity contribution >= 4 is 28.6 Å². The van der Waals surface area contributed by atoms with Crippen molar-refractivity contribution < 1.29 is 0 Å². The van der Waals surface area contributed by atoms with Crippen LogP contribution in [0, 0.1) is 11.3 Å². The Morgan fingerprint density at radius 3 is 3.00 bits per heavy atom. The van der Waals surface area contributed by atoms with Crippen LogP contribution in [0.1, 0.15) is 11.3 Å². The molecule has 0 radical (unpaired) electrons. The normalized spacial score (nSPS) is 9.94. The lowest BCUT2D eigenvalue weighted by atomic mass is 10.2. The van der Waals surface area contributed by atoms with Crippen LogP contribution in [0.15, 0.2) is 29.1 Å². The number of thiazole rings is 1. The van der Waals surface area contributed by atoms with Gasteiger partial charge in [0.15, 0.2) is 0 Å². The second-order valence-corrected chi connectivity index (χ2v) is 4.76. The van der Waals surface area contributed by atoms with Crippen molar-refractivity contribution in [2.45, 2.75) is 6.54 Å². The van der Waals surface area contributed by atoms with Crippen LogP contribution in [0.4, 0.5) is 5.69 Å². The molecule has 0 saturated carbocycles. The highest BCUT2D eigenvalue weighted by Gasteiger charge is 2.09. The molecule has 2 rings (SSSR count). The van der Waals surface area contributed by atoms with Crippen LogP contribution in [0.2, 0.25) is 5.02 Å². The minimum atomic E-state index is 0.576. The zero-order chi connectivity index (χ0) is 12.3. The number of halogens is 1. The fourth-order valence-corrected chi connectivity index (χ4v) is 2.30. The summed E-state index contributed by atoms with van der Waals surface area (Å²) in [5.74, 6) is 0. The van der Waals surface area contributed by atoms with E-state index in [0.29, 0.717) is 17.1 Å². The molecule has 0 spiro atoms. The molecule has 0 atom stereocenters. The number of rotatable bonds is 3. The van der Waals surface area contributed by atoms with Gasteiger partial charge in [0.2, 0.25) is 0 Å². The second kappa shape index (κ2) is 5.17. The predicted molar refractivity (Wildman–Crippen MR) is 70.4 cm³/mol. The molecule has 86 valence electrons. The van der Waals surface area contributed by atoms with E-state index in [4.69, 9.17) is 16.9 Å². The van der Waals surface area contributed by atoms with E-state index in [1.807, 2.05) is 23.4 Å². The van der Waals surface area contributed by atoms with E-state index < -0.39 is 0 Å². The van der Waals surface area contributed by atoms with Crippen molar-refractivity contribution in [3.63, 3.8) is 0 Å². The molecule has 0 unspecified atom stereocenters. The molecule has 1 heterocycles. The number of aromatic nitrogens is 1. The molecule has 2 aromatic rings.